The van der Waals surface area contributed by atoms with Crippen molar-refractivity contribution in [1.29, 1.82) is 5.26 Å². The van der Waals surface area contributed by atoms with Crippen molar-refractivity contribution >= 4 is 11.8 Å². The van der Waals surface area contributed by atoms with Crippen molar-refractivity contribution in [3.63, 3.8) is 0 Å². The maximum absolute atomic E-state index is 12.2. The van der Waals surface area contributed by atoms with Gasteiger partial charge in [-0.05, 0) is 55.5 Å². The zero-order valence-electron chi connectivity index (χ0n) is 14.0. The van der Waals surface area contributed by atoms with Gasteiger partial charge in [0.1, 0.15) is 18.1 Å². The first-order valence-electron chi connectivity index (χ1n) is 7.89. The van der Waals surface area contributed by atoms with Crippen molar-refractivity contribution in [2.24, 2.45) is 0 Å². The number of cyclic esters (lactones) is 1. The lowest BCUT2D eigenvalue weighted by Crippen LogP contribution is -2.36. The second-order valence-corrected chi connectivity index (χ2v) is 5.68. The van der Waals surface area contributed by atoms with Crippen LogP contribution in [0.25, 0.3) is 0 Å². The second-order valence-electron chi connectivity index (χ2n) is 5.68. The molecule has 0 aromatic heterocycles. The van der Waals surface area contributed by atoms with Crippen LogP contribution in [0.5, 0.6) is 11.5 Å². The normalized spacial score (nSPS) is 19.2. The molecule has 0 saturated carbocycles. The van der Waals surface area contributed by atoms with Crippen LogP contribution in [0, 0.1) is 11.3 Å². The van der Waals surface area contributed by atoms with Gasteiger partial charge in [0.2, 0.25) is 0 Å². The van der Waals surface area contributed by atoms with Crippen LogP contribution in [-0.2, 0) is 4.74 Å². The molecule has 25 heavy (non-hydrogen) atoms. The number of hydrogen-bond acceptors (Lipinski definition) is 5. The molecule has 0 aliphatic carbocycles. The Bertz CT molecular complexity index is 781. The third-order valence-corrected chi connectivity index (χ3v) is 4.14. The van der Waals surface area contributed by atoms with Crippen LogP contribution in [0.1, 0.15) is 12.5 Å². The van der Waals surface area contributed by atoms with Crippen molar-refractivity contribution in [2.75, 3.05) is 18.6 Å². The molecular formula is C19H18N2O4. The molecule has 1 aliphatic rings. The van der Waals surface area contributed by atoms with Crippen molar-refractivity contribution < 1.29 is 19.0 Å². The van der Waals surface area contributed by atoms with Gasteiger partial charge in [-0.25, -0.2) is 4.79 Å². The molecule has 6 heteroatoms. The van der Waals surface area contributed by atoms with Crippen molar-refractivity contribution in [1.82, 2.24) is 0 Å². The molecule has 6 nitrogen and oxygen atoms in total. The molecule has 0 bridgehead atoms. The smallest absolute Gasteiger partial charge is 0.415 e. The molecule has 1 amide bonds. The van der Waals surface area contributed by atoms with Gasteiger partial charge in [0.25, 0.3) is 0 Å². The molecule has 2 atom stereocenters. The summed E-state index contributed by atoms with van der Waals surface area (Å²) in [6, 6.07) is 15.9. The van der Waals surface area contributed by atoms with Crippen LogP contribution in [0.15, 0.2) is 48.5 Å². The molecule has 0 N–H and O–H groups in total. The Balaban J connectivity index is 1.65. The van der Waals surface area contributed by atoms with E-state index in [2.05, 4.69) is 6.07 Å². The highest BCUT2D eigenvalue weighted by atomic mass is 16.6. The van der Waals surface area contributed by atoms with Gasteiger partial charge in [-0.3, -0.25) is 4.90 Å². The Hall–Kier alpha value is -3.20. The van der Waals surface area contributed by atoms with Gasteiger partial charge >= 0.3 is 6.09 Å². The molecule has 1 saturated heterocycles. The summed E-state index contributed by atoms with van der Waals surface area (Å²) in [6.07, 6.45) is -0.781. The Morgan fingerprint density at radius 2 is 1.76 bits per heavy atom. The van der Waals surface area contributed by atoms with Gasteiger partial charge in [0.15, 0.2) is 6.10 Å². The minimum atomic E-state index is -0.397. The van der Waals surface area contributed by atoms with E-state index in [0.29, 0.717) is 11.3 Å². The fourth-order valence-corrected chi connectivity index (χ4v) is 2.68. The third kappa shape index (κ3) is 3.50. The summed E-state index contributed by atoms with van der Waals surface area (Å²) in [4.78, 5) is 13.8. The Kier molecular flexibility index (Phi) is 4.75. The zero-order chi connectivity index (χ0) is 17.8. The predicted octanol–water partition coefficient (Wildman–Crippen LogP) is 3.36. The molecule has 0 radical (unpaired) electrons. The number of nitriles is 1. The molecular weight excluding hydrogens is 320 g/mol. The standard InChI is InChI=1S/C19H18N2O4/c1-13-18(12-24-17-7-3-14(11-20)4-8-17)25-19(22)21(13)15-5-9-16(23-2)10-6-15/h3-10,13,18H,12H2,1-2H3/t13-,18+/m0/s1. The highest BCUT2D eigenvalue weighted by Crippen LogP contribution is 2.28. The number of nitrogens with zero attached hydrogens (tertiary/aromatic N) is 2. The van der Waals surface area contributed by atoms with E-state index in [4.69, 9.17) is 19.5 Å². The van der Waals surface area contributed by atoms with E-state index < -0.39 is 6.09 Å². The highest BCUT2D eigenvalue weighted by Gasteiger charge is 2.40. The molecule has 2 aromatic carbocycles. The summed E-state index contributed by atoms with van der Waals surface area (Å²) in [5.74, 6) is 1.36. The number of carbonyl (C=O) groups is 1. The number of amides is 1. The molecule has 0 unspecified atom stereocenters. The second kappa shape index (κ2) is 7.14. The van der Waals surface area contributed by atoms with Crippen LogP contribution in [0.2, 0.25) is 0 Å². The number of hydrogen-bond donors (Lipinski definition) is 0. The molecule has 2 aromatic rings. The number of anilines is 1. The van der Waals surface area contributed by atoms with Gasteiger partial charge in [0.05, 0.1) is 24.8 Å². The van der Waals surface area contributed by atoms with Crippen molar-refractivity contribution in [3.05, 3.63) is 54.1 Å². The first kappa shape index (κ1) is 16.7. The summed E-state index contributed by atoms with van der Waals surface area (Å²) in [5, 5.41) is 8.80. The summed E-state index contributed by atoms with van der Waals surface area (Å²) < 4.78 is 16.3. The lowest BCUT2D eigenvalue weighted by molar-refractivity contribution is 0.0942. The molecule has 1 aliphatic heterocycles. The van der Waals surface area contributed by atoms with E-state index in [0.717, 1.165) is 11.4 Å². The first-order valence-corrected chi connectivity index (χ1v) is 7.89. The largest absolute Gasteiger partial charge is 0.497 e. The van der Waals surface area contributed by atoms with Crippen LogP contribution in [0.3, 0.4) is 0 Å². The van der Waals surface area contributed by atoms with E-state index in [-0.39, 0.29) is 18.8 Å². The maximum Gasteiger partial charge on any atom is 0.415 e. The van der Waals surface area contributed by atoms with Crippen LogP contribution in [-0.4, -0.2) is 32.0 Å². The number of rotatable bonds is 5. The summed E-state index contributed by atoms with van der Waals surface area (Å²) in [7, 11) is 1.60. The highest BCUT2D eigenvalue weighted by molar-refractivity contribution is 5.90. The first-order chi connectivity index (χ1) is 12.1. The van der Waals surface area contributed by atoms with Gasteiger partial charge in [0, 0.05) is 5.69 Å². The Morgan fingerprint density at radius 3 is 2.36 bits per heavy atom. The fraction of sp³-hybridized carbons (Fsp3) is 0.263. The van der Waals surface area contributed by atoms with Crippen LogP contribution < -0.4 is 14.4 Å². The van der Waals surface area contributed by atoms with E-state index >= 15 is 0 Å². The summed E-state index contributed by atoms with van der Waals surface area (Å²) in [5.41, 5.74) is 1.32. The van der Waals surface area contributed by atoms with E-state index in [1.165, 1.54) is 0 Å². The quantitative estimate of drug-likeness (QED) is 0.836. The number of benzene rings is 2. The van der Waals surface area contributed by atoms with Gasteiger partial charge in [-0.2, -0.15) is 5.26 Å². The Labute approximate surface area is 146 Å². The lowest BCUT2D eigenvalue weighted by atomic mass is 10.1. The predicted molar refractivity (Wildman–Crippen MR) is 91.9 cm³/mol. The number of carbonyl (C=O) groups excluding carboxylic acids is 1. The molecule has 3 rings (SSSR count). The van der Waals surface area contributed by atoms with Crippen LogP contribution in [0.4, 0.5) is 10.5 Å². The fourth-order valence-electron chi connectivity index (χ4n) is 2.68. The van der Waals surface area contributed by atoms with Crippen LogP contribution >= 0.6 is 0 Å². The number of methoxy groups -OCH3 is 1. The average Bonchev–Trinajstić information content (AvgIpc) is 2.94. The molecule has 128 valence electrons. The van der Waals surface area contributed by atoms with Gasteiger partial charge < -0.3 is 14.2 Å². The minimum absolute atomic E-state index is 0.167. The van der Waals surface area contributed by atoms with Gasteiger partial charge in [-0.1, -0.05) is 0 Å². The summed E-state index contributed by atoms with van der Waals surface area (Å²) in [6.45, 7) is 2.16. The third-order valence-electron chi connectivity index (χ3n) is 4.14. The Morgan fingerprint density at radius 1 is 1.12 bits per heavy atom. The SMILES string of the molecule is COc1ccc(N2C(=O)O[C@H](COc3ccc(C#N)cc3)[C@@H]2C)cc1. The molecule has 0 spiro atoms. The molecule has 1 fully saturated rings. The van der Waals surface area contributed by atoms with Crippen molar-refractivity contribution in [2.45, 2.75) is 19.1 Å². The minimum Gasteiger partial charge on any atom is -0.497 e. The summed E-state index contributed by atoms with van der Waals surface area (Å²) >= 11 is 0. The monoisotopic (exact) mass is 338 g/mol. The zero-order valence-corrected chi connectivity index (χ0v) is 14.0. The topological polar surface area (TPSA) is 71.8 Å². The van der Waals surface area contributed by atoms with Crippen molar-refractivity contribution in [3.8, 4) is 17.6 Å². The van der Waals surface area contributed by atoms with E-state index in [9.17, 15) is 4.79 Å². The van der Waals surface area contributed by atoms with E-state index in [1.807, 2.05) is 19.1 Å². The lowest BCUT2D eigenvalue weighted by Gasteiger charge is -2.21. The average molecular weight is 338 g/mol. The van der Waals surface area contributed by atoms with E-state index in [1.54, 1.807) is 48.4 Å². The van der Waals surface area contributed by atoms with Gasteiger partial charge in [-0.15, -0.1) is 0 Å². The maximum atomic E-state index is 12.2. The number of ether oxygens (including phenoxy) is 3. The molecule has 1 heterocycles.